The maximum atomic E-state index is 12.4. The zero-order valence-electron chi connectivity index (χ0n) is 16.5. The largest absolute Gasteiger partial charge is 0.467 e. The van der Waals surface area contributed by atoms with E-state index in [9.17, 15) is 4.79 Å². The van der Waals surface area contributed by atoms with E-state index in [2.05, 4.69) is 21.1 Å². The van der Waals surface area contributed by atoms with Crippen LogP contribution in [0.15, 0.2) is 53.5 Å². The van der Waals surface area contributed by atoms with Crippen molar-refractivity contribution in [1.29, 1.82) is 0 Å². The first-order chi connectivity index (χ1) is 14.0. The minimum atomic E-state index is -0.185. The Kier molecular flexibility index (Phi) is 4.99. The summed E-state index contributed by atoms with van der Waals surface area (Å²) in [6, 6.07) is 9.78. The molecular formula is C21H21N5O3. The summed E-state index contributed by atoms with van der Waals surface area (Å²) in [7, 11) is 1.70. The predicted molar refractivity (Wildman–Crippen MR) is 107 cm³/mol. The molecule has 3 heterocycles. The van der Waals surface area contributed by atoms with Crippen molar-refractivity contribution in [2.75, 3.05) is 13.7 Å². The van der Waals surface area contributed by atoms with Gasteiger partial charge >= 0.3 is 0 Å². The van der Waals surface area contributed by atoms with Crippen LogP contribution in [-0.2, 0) is 11.3 Å². The van der Waals surface area contributed by atoms with Crippen LogP contribution in [0.1, 0.15) is 16.9 Å². The van der Waals surface area contributed by atoms with Gasteiger partial charge in [0.15, 0.2) is 12.3 Å². The van der Waals surface area contributed by atoms with E-state index in [1.807, 2.05) is 32.0 Å². The van der Waals surface area contributed by atoms with E-state index in [4.69, 9.17) is 9.15 Å². The third-order valence-electron chi connectivity index (χ3n) is 4.51. The highest BCUT2D eigenvalue weighted by Crippen LogP contribution is 2.24. The van der Waals surface area contributed by atoms with Crippen LogP contribution in [0.3, 0.4) is 0 Å². The third-order valence-corrected chi connectivity index (χ3v) is 4.51. The van der Waals surface area contributed by atoms with E-state index in [-0.39, 0.29) is 12.5 Å². The first kappa shape index (κ1) is 18.7. The van der Waals surface area contributed by atoms with E-state index >= 15 is 0 Å². The highest BCUT2D eigenvalue weighted by Gasteiger charge is 2.16. The van der Waals surface area contributed by atoms with Gasteiger partial charge in [-0.1, -0.05) is 6.07 Å². The van der Waals surface area contributed by atoms with E-state index in [0.717, 1.165) is 16.8 Å². The summed E-state index contributed by atoms with van der Waals surface area (Å²) in [5.41, 5.74) is 3.81. The minimum Gasteiger partial charge on any atom is -0.467 e. The summed E-state index contributed by atoms with van der Waals surface area (Å²) >= 11 is 0. The fraction of sp³-hybridized carbons (Fsp3) is 0.238. The highest BCUT2D eigenvalue weighted by molar-refractivity contribution is 5.82. The maximum absolute atomic E-state index is 12.4. The van der Waals surface area contributed by atoms with Gasteiger partial charge in [0, 0.05) is 7.05 Å². The number of likely N-dealkylation sites (N-methyl/N-ethyl adjacent to an activating group) is 1. The van der Waals surface area contributed by atoms with Crippen LogP contribution in [0.25, 0.3) is 16.7 Å². The van der Waals surface area contributed by atoms with Gasteiger partial charge in [0.25, 0.3) is 5.91 Å². The lowest BCUT2D eigenvalue weighted by atomic mass is 10.1. The Labute approximate surface area is 167 Å². The number of benzene rings is 1. The number of carbonyl (C=O) groups is 1. The quantitative estimate of drug-likeness (QED) is 0.502. The summed E-state index contributed by atoms with van der Waals surface area (Å²) in [6.45, 7) is 4.31. The standard InChI is InChI=1S/C21H21N5O3/c1-14-7-15(2)9-16(8-14)26-20-18(10-24-26)21(23-13-22-20)29-12-19(27)25(3)11-17-5-4-6-28-17/h4-10,13H,11-12H2,1-3H3. The number of ether oxygens (including phenoxy) is 1. The maximum Gasteiger partial charge on any atom is 0.260 e. The number of amides is 1. The number of furan rings is 1. The lowest BCUT2D eigenvalue weighted by molar-refractivity contribution is -0.132. The van der Waals surface area contributed by atoms with Crippen LogP contribution in [0, 0.1) is 13.8 Å². The molecule has 3 aromatic heterocycles. The number of fused-ring (bicyclic) bond motifs is 1. The zero-order chi connectivity index (χ0) is 20.4. The summed E-state index contributed by atoms with van der Waals surface area (Å²) in [5, 5.41) is 5.09. The monoisotopic (exact) mass is 391 g/mol. The Morgan fingerprint density at radius 2 is 2.00 bits per heavy atom. The van der Waals surface area contributed by atoms with Crippen molar-refractivity contribution in [3.8, 4) is 11.6 Å². The van der Waals surface area contributed by atoms with Crippen molar-refractivity contribution in [3.63, 3.8) is 0 Å². The molecule has 1 aromatic carbocycles. The second-order valence-corrected chi connectivity index (χ2v) is 6.94. The lowest BCUT2D eigenvalue weighted by Crippen LogP contribution is -2.30. The van der Waals surface area contributed by atoms with Gasteiger partial charge in [-0.3, -0.25) is 4.79 Å². The predicted octanol–water partition coefficient (Wildman–Crippen LogP) is 3.06. The molecule has 0 atom stereocenters. The van der Waals surface area contributed by atoms with Crippen LogP contribution >= 0.6 is 0 Å². The average Bonchev–Trinajstić information content (AvgIpc) is 3.35. The molecule has 0 radical (unpaired) electrons. The second-order valence-electron chi connectivity index (χ2n) is 6.94. The molecule has 4 rings (SSSR count). The Morgan fingerprint density at radius 1 is 1.21 bits per heavy atom. The van der Waals surface area contributed by atoms with Crippen LogP contribution < -0.4 is 4.74 Å². The van der Waals surface area contributed by atoms with E-state index in [1.165, 1.54) is 11.2 Å². The summed E-state index contributed by atoms with van der Waals surface area (Å²) in [4.78, 5) is 22.4. The van der Waals surface area contributed by atoms with E-state index in [0.29, 0.717) is 29.2 Å². The molecule has 0 bridgehead atoms. The lowest BCUT2D eigenvalue weighted by Gasteiger charge is -2.15. The number of nitrogens with zero attached hydrogens (tertiary/aromatic N) is 5. The fourth-order valence-electron chi connectivity index (χ4n) is 3.16. The molecule has 1 amide bonds. The van der Waals surface area contributed by atoms with E-state index in [1.54, 1.807) is 30.3 Å². The molecule has 0 aliphatic heterocycles. The average molecular weight is 391 g/mol. The highest BCUT2D eigenvalue weighted by atomic mass is 16.5. The van der Waals surface area contributed by atoms with Crippen molar-refractivity contribution in [2.24, 2.45) is 0 Å². The molecule has 0 unspecified atom stereocenters. The Balaban J connectivity index is 1.53. The molecule has 0 spiro atoms. The molecule has 4 aromatic rings. The number of aromatic nitrogens is 4. The van der Waals surface area contributed by atoms with Crippen molar-refractivity contribution in [2.45, 2.75) is 20.4 Å². The summed E-state index contributed by atoms with van der Waals surface area (Å²) < 4.78 is 12.7. The molecule has 29 heavy (non-hydrogen) atoms. The SMILES string of the molecule is Cc1cc(C)cc(-n2ncc3c(OCC(=O)N(C)Cc4ccco4)ncnc32)c1. The van der Waals surface area contributed by atoms with Gasteiger partial charge < -0.3 is 14.1 Å². The molecular weight excluding hydrogens is 370 g/mol. The Hall–Kier alpha value is -3.68. The van der Waals surface area contributed by atoms with Crippen LogP contribution in [0.2, 0.25) is 0 Å². The Bertz CT molecular complexity index is 1130. The van der Waals surface area contributed by atoms with Gasteiger partial charge in [0.2, 0.25) is 5.88 Å². The van der Waals surface area contributed by atoms with Crippen molar-refractivity contribution >= 4 is 16.9 Å². The molecule has 0 aliphatic carbocycles. The molecule has 0 fully saturated rings. The van der Waals surface area contributed by atoms with Crippen LogP contribution in [-0.4, -0.2) is 44.2 Å². The van der Waals surface area contributed by atoms with Gasteiger partial charge in [-0.15, -0.1) is 0 Å². The number of hydrogen-bond acceptors (Lipinski definition) is 6. The first-order valence-electron chi connectivity index (χ1n) is 9.18. The Morgan fingerprint density at radius 3 is 2.72 bits per heavy atom. The topological polar surface area (TPSA) is 86.3 Å². The van der Waals surface area contributed by atoms with Gasteiger partial charge in [0.1, 0.15) is 17.5 Å². The van der Waals surface area contributed by atoms with Crippen LogP contribution in [0.4, 0.5) is 0 Å². The summed E-state index contributed by atoms with van der Waals surface area (Å²) in [5.74, 6) is 0.847. The minimum absolute atomic E-state index is 0.141. The van der Waals surface area contributed by atoms with Crippen molar-refractivity contribution in [1.82, 2.24) is 24.6 Å². The zero-order valence-corrected chi connectivity index (χ0v) is 16.5. The molecule has 0 aliphatic rings. The normalized spacial score (nSPS) is 11.0. The van der Waals surface area contributed by atoms with Gasteiger partial charge in [0.05, 0.1) is 24.7 Å². The first-order valence-corrected chi connectivity index (χ1v) is 9.18. The smallest absolute Gasteiger partial charge is 0.260 e. The molecule has 0 N–H and O–H groups in total. The number of aryl methyl sites for hydroxylation is 2. The number of rotatable bonds is 6. The van der Waals surface area contributed by atoms with Gasteiger partial charge in [-0.25, -0.2) is 14.6 Å². The molecule has 8 nitrogen and oxygen atoms in total. The van der Waals surface area contributed by atoms with E-state index < -0.39 is 0 Å². The van der Waals surface area contributed by atoms with Crippen molar-refractivity contribution in [3.05, 3.63) is 66.0 Å². The molecule has 0 saturated carbocycles. The van der Waals surface area contributed by atoms with Gasteiger partial charge in [-0.05, 0) is 49.2 Å². The molecule has 148 valence electrons. The summed E-state index contributed by atoms with van der Waals surface area (Å²) in [6.07, 6.45) is 4.64. The van der Waals surface area contributed by atoms with Gasteiger partial charge in [-0.2, -0.15) is 5.10 Å². The number of carbonyl (C=O) groups excluding carboxylic acids is 1. The third kappa shape index (κ3) is 3.96. The molecule has 0 saturated heterocycles. The second kappa shape index (κ2) is 7.75. The number of hydrogen-bond donors (Lipinski definition) is 0. The van der Waals surface area contributed by atoms with Crippen LogP contribution in [0.5, 0.6) is 5.88 Å². The molecule has 8 heteroatoms. The fourth-order valence-corrected chi connectivity index (χ4v) is 3.16. The van der Waals surface area contributed by atoms with Crippen molar-refractivity contribution < 1.29 is 13.9 Å².